The lowest BCUT2D eigenvalue weighted by Gasteiger charge is -2.24. The van der Waals surface area contributed by atoms with Crippen LogP contribution in [0.5, 0.6) is 5.75 Å². The highest BCUT2D eigenvalue weighted by molar-refractivity contribution is 8.00. The molecule has 1 amide bonds. The van der Waals surface area contributed by atoms with E-state index >= 15 is 0 Å². The molecule has 3 rings (SSSR count). The van der Waals surface area contributed by atoms with Crippen molar-refractivity contribution in [2.24, 2.45) is 0 Å². The minimum atomic E-state index is -0.203. The number of carbonyl (C=O) groups is 1. The number of nitrogens with zero attached hydrogens (tertiary/aromatic N) is 3. The number of benzene rings is 1. The van der Waals surface area contributed by atoms with Gasteiger partial charge in [0, 0.05) is 18.2 Å². The molecule has 1 heterocycles. The van der Waals surface area contributed by atoms with Gasteiger partial charge in [0.1, 0.15) is 5.75 Å². The van der Waals surface area contributed by atoms with Crippen LogP contribution in [0.3, 0.4) is 0 Å². The Morgan fingerprint density at radius 2 is 1.97 bits per heavy atom. The first-order valence-electron chi connectivity index (χ1n) is 10.7. The highest BCUT2D eigenvalue weighted by Crippen LogP contribution is 2.29. The van der Waals surface area contributed by atoms with Gasteiger partial charge in [-0.1, -0.05) is 44.4 Å². The van der Waals surface area contributed by atoms with Gasteiger partial charge < -0.3 is 14.6 Å². The maximum atomic E-state index is 12.7. The van der Waals surface area contributed by atoms with Crippen molar-refractivity contribution in [1.29, 1.82) is 0 Å². The van der Waals surface area contributed by atoms with E-state index < -0.39 is 0 Å². The lowest BCUT2D eigenvalue weighted by molar-refractivity contribution is -0.121. The Morgan fingerprint density at radius 3 is 2.62 bits per heavy atom. The molecule has 1 saturated carbocycles. The number of thioether (sulfide) groups is 1. The summed E-state index contributed by atoms with van der Waals surface area (Å²) in [6.07, 6.45) is 8.02. The molecule has 1 N–H and O–H groups in total. The van der Waals surface area contributed by atoms with Crippen LogP contribution in [0.2, 0.25) is 0 Å². The summed E-state index contributed by atoms with van der Waals surface area (Å²) < 4.78 is 7.39. The van der Waals surface area contributed by atoms with Crippen molar-refractivity contribution in [3.8, 4) is 17.1 Å². The smallest absolute Gasteiger partial charge is 0.233 e. The Bertz CT molecular complexity index is 785. The van der Waals surface area contributed by atoms with E-state index in [0.29, 0.717) is 6.04 Å². The van der Waals surface area contributed by atoms with Gasteiger partial charge >= 0.3 is 0 Å². The maximum absolute atomic E-state index is 12.7. The van der Waals surface area contributed by atoms with Crippen LogP contribution < -0.4 is 10.1 Å². The summed E-state index contributed by atoms with van der Waals surface area (Å²) in [6.45, 7) is 4.96. The first-order valence-corrected chi connectivity index (χ1v) is 11.5. The molecule has 29 heavy (non-hydrogen) atoms. The summed E-state index contributed by atoms with van der Waals surface area (Å²) in [5.74, 6) is 1.75. The predicted octanol–water partition coefficient (Wildman–Crippen LogP) is 4.68. The van der Waals surface area contributed by atoms with Crippen molar-refractivity contribution in [2.75, 3.05) is 7.11 Å². The Balaban J connectivity index is 1.73. The second-order valence-electron chi connectivity index (χ2n) is 7.64. The summed E-state index contributed by atoms with van der Waals surface area (Å²) in [7, 11) is 1.66. The fraction of sp³-hybridized carbons (Fsp3) is 0.591. The van der Waals surface area contributed by atoms with Gasteiger partial charge in [0.15, 0.2) is 11.0 Å². The minimum Gasteiger partial charge on any atom is -0.497 e. The molecule has 1 aromatic heterocycles. The van der Waals surface area contributed by atoms with Crippen LogP contribution in [-0.4, -0.2) is 39.1 Å². The third-order valence-corrected chi connectivity index (χ3v) is 6.48. The fourth-order valence-electron chi connectivity index (χ4n) is 3.62. The van der Waals surface area contributed by atoms with E-state index in [-0.39, 0.29) is 11.2 Å². The molecule has 1 atom stereocenters. The number of hydrogen-bond donors (Lipinski definition) is 1. The Kier molecular flexibility index (Phi) is 7.98. The Hall–Kier alpha value is -2.02. The van der Waals surface area contributed by atoms with Crippen LogP contribution in [0.4, 0.5) is 0 Å². The molecule has 158 valence electrons. The normalized spacial score (nSPS) is 15.8. The zero-order chi connectivity index (χ0) is 20.6. The number of unbranched alkanes of at least 4 members (excludes halogenated alkanes) is 1. The molecule has 1 unspecified atom stereocenters. The van der Waals surface area contributed by atoms with E-state index in [1.54, 1.807) is 7.11 Å². The summed E-state index contributed by atoms with van der Waals surface area (Å²) in [5, 5.41) is 12.7. The van der Waals surface area contributed by atoms with Crippen molar-refractivity contribution in [3.05, 3.63) is 24.3 Å². The molecule has 2 aromatic rings. The van der Waals surface area contributed by atoms with E-state index in [2.05, 4.69) is 27.0 Å². The Morgan fingerprint density at radius 1 is 1.24 bits per heavy atom. The zero-order valence-electron chi connectivity index (χ0n) is 17.7. The number of nitrogens with one attached hydrogen (secondary N) is 1. The second kappa shape index (κ2) is 10.7. The number of ether oxygens (including phenoxy) is 1. The highest BCUT2D eigenvalue weighted by atomic mass is 32.2. The number of hydrogen-bond acceptors (Lipinski definition) is 5. The topological polar surface area (TPSA) is 69.0 Å². The fourth-order valence-corrected chi connectivity index (χ4v) is 4.51. The third kappa shape index (κ3) is 5.75. The van der Waals surface area contributed by atoms with Gasteiger partial charge in [0.2, 0.25) is 5.91 Å². The lowest BCUT2D eigenvalue weighted by Crippen LogP contribution is -2.40. The molecule has 1 fully saturated rings. The van der Waals surface area contributed by atoms with E-state index in [9.17, 15) is 4.79 Å². The van der Waals surface area contributed by atoms with Crippen molar-refractivity contribution < 1.29 is 9.53 Å². The zero-order valence-corrected chi connectivity index (χ0v) is 18.5. The molecule has 0 saturated heterocycles. The van der Waals surface area contributed by atoms with Gasteiger partial charge in [-0.15, -0.1) is 10.2 Å². The maximum Gasteiger partial charge on any atom is 0.233 e. The van der Waals surface area contributed by atoms with Crippen LogP contribution in [-0.2, 0) is 11.3 Å². The minimum absolute atomic E-state index is 0.0953. The highest BCUT2D eigenvalue weighted by Gasteiger charge is 2.23. The van der Waals surface area contributed by atoms with Crippen LogP contribution in [0.15, 0.2) is 29.4 Å². The molecule has 1 aliphatic rings. The van der Waals surface area contributed by atoms with Crippen molar-refractivity contribution in [1.82, 2.24) is 20.1 Å². The molecule has 6 nitrogen and oxygen atoms in total. The van der Waals surface area contributed by atoms with Gasteiger partial charge in [-0.05, 0) is 50.5 Å². The number of carbonyl (C=O) groups excluding carboxylic acids is 1. The summed E-state index contributed by atoms with van der Waals surface area (Å²) in [5.41, 5.74) is 1.00. The van der Waals surface area contributed by atoms with Crippen molar-refractivity contribution >= 4 is 17.7 Å². The van der Waals surface area contributed by atoms with Gasteiger partial charge in [-0.3, -0.25) is 4.79 Å². The van der Waals surface area contributed by atoms with Crippen LogP contribution in [0, 0.1) is 0 Å². The molecular formula is C22H32N4O2S. The number of methoxy groups -OCH3 is 1. The molecular weight excluding hydrogens is 384 g/mol. The molecule has 0 spiro atoms. The SMILES string of the molecule is CCCCn1c(SC(C)C(=O)NC2CCCCC2)nnc1-c1ccc(OC)cc1. The van der Waals surface area contributed by atoms with Crippen molar-refractivity contribution in [2.45, 2.75) is 81.8 Å². The molecule has 0 radical (unpaired) electrons. The average molecular weight is 417 g/mol. The Labute approximate surface area is 177 Å². The van der Waals surface area contributed by atoms with E-state index in [4.69, 9.17) is 4.74 Å². The van der Waals surface area contributed by atoms with Crippen LogP contribution in [0.25, 0.3) is 11.4 Å². The predicted molar refractivity (Wildman–Crippen MR) is 117 cm³/mol. The average Bonchev–Trinajstić information content (AvgIpc) is 3.15. The standard InChI is InChI=1S/C22H32N4O2S/c1-4-5-15-26-20(17-11-13-19(28-3)14-12-17)24-25-22(26)29-16(2)21(27)23-18-9-7-6-8-10-18/h11-14,16,18H,4-10,15H2,1-3H3,(H,23,27). The second-order valence-corrected chi connectivity index (χ2v) is 8.95. The third-order valence-electron chi connectivity index (χ3n) is 5.40. The van der Waals surface area contributed by atoms with Crippen LogP contribution >= 0.6 is 11.8 Å². The summed E-state index contributed by atoms with van der Waals surface area (Å²) >= 11 is 1.49. The quantitative estimate of drug-likeness (QED) is 0.601. The van der Waals surface area contributed by atoms with Gasteiger partial charge in [0.25, 0.3) is 0 Å². The van der Waals surface area contributed by atoms with E-state index in [1.165, 1.54) is 31.0 Å². The van der Waals surface area contributed by atoms with E-state index in [0.717, 1.165) is 54.5 Å². The first kappa shape index (κ1) is 21.7. The summed E-state index contributed by atoms with van der Waals surface area (Å²) in [4.78, 5) is 12.7. The van der Waals surface area contributed by atoms with Gasteiger partial charge in [-0.2, -0.15) is 0 Å². The molecule has 0 bridgehead atoms. The van der Waals surface area contributed by atoms with E-state index in [1.807, 2.05) is 31.2 Å². The lowest BCUT2D eigenvalue weighted by atomic mass is 9.95. The van der Waals surface area contributed by atoms with Crippen LogP contribution in [0.1, 0.15) is 58.8 Å². The molecule has 1 aromatic carbocycles. The largest absolute Gasteiger partial charge is 0.497 e. The number of aromatic nitrogens is 3. The van der Waals surface area contributed by atoms with Gasteiger partial charge in [-0.25, -0.2) is 0 Å². The molecule has 0 aliphatic heterocycles. The van der Waals surface area contributed by atoms with Crippen molar-refractivity contribution in [3.63, 3.8) is 0 Å². The molecule has 7 heteroatoms. The number of rotatable bonds is 9. The monoisotopic (exact) mass is 416 g/mol. The number of amides is 1. The summed E-state index contributed by atoms with van der Waals surface area (Å²) in [6, 6.07) is 8.19. The first-order chi connectivity index (χ1) is 14.1. The van der Waals surface area contributed by atoms with Gasteiger partial charge in [0.05, 0.1) is 12.4 Å². The molecule has 1 aliphatic carbocycles.